The Hall–Kier alpha value is -2.39. The molecule has 0 spiro atoms. The van der Waals surface area contributed by atoms with Crippen molar-refractivity contribution in [3.63, 3.8) is 0 Å². The first kappa shape index (κ1) is 20.3. The predicted molar refractivity (Wildman–Crippen MR) is 108 cm³/mol. The van der Waals surface area contributed by atoms with Crippen LogP contribution in [0.5, 0.6) is 0 Å². The number of aliphatic imine (C=N–C) groups is 1. The number of benzene rings is 1. The summed E-state index contributed by atoms with van der Waals surface area (Å²) in [6.45, 7) is 6.89. The molecule has 1 saturated heterocycles. The third-order valence-corrected chi connectivity index (χ3v) is 6.71. The minimum Gasteiger partial charge on any atom is -0.364 e. The summed E-state index contributed by atoms with van der Waals surface area (Å²) in [5.41, 5.74) is 4.13. The molecule has 3 rings (SSSR count). The van der Waals surface area contributed by atoms with Gasteiger partial charge in [-0.25, -0.2) is 8.42 Å². The van der Waals surface area contributed by atoms with Crippen molar-refractivity contribution in [1.82, 2.24) is 19.7 Å². The van der Waals surface area contributed by atoms with Crippen LogP contribution in [0.4, 0.5) is 0 Å². The molecule has 1 aromatic carbocycles. The van der Waals surface area contributed by atoms with Crippen LogP contribution >= 0.6 is 0 Å². The Bertz CT molecular complexity index is 917. The van der Waals surface area contributed by atoms with Gasteiger partial charge in [-0.1, -0.05) is 28.9 Å². The zero-order valence-corrected chi connectivity index (χ0v) is 17.4. The topological polar surface area (TPSA) is 91.0 Å². The zero-order valence-electron chi connectivity index (χ0n) is 16.6. The predicted octanol–water partition coefficient (Wildman–Crippen LogP) is 1.51. The van der Waals surface area contributed by atoms with E-state index in [9.17, 15) is 8.42 Å². The summed E-state index contributed by atoms with van der Waals surface area (Å²) in [4.78, 5) is 6.45. The van der Waals surface area contributed by atoms with Crippen LogP contribution in [0.3, 0.4) is 0 Å². The standard InChI is InChI=1S/C19H27N5O3S/c1-15-4-5-17(16(2)12-15)13-21-19(20-3)23-7-9-24(10-8-23)28(25,26)14-18-6-11-27-22-18/h4-6,11-12H,7-10,13-14H2,1-3H3,(H,20,21). The van der Waals surface area contributed by atoms with Crippen molar-refractivity contribution in [2.24, 2.45) is 4.99 Å². The van der Waals surface area contributed by atoms with E-state index < -0.39 is 10.0 Å². The molecule has 0 atom stereocenters. The third kappa shape index (κ3) is 4.90. The average Bonchev–Trinajstić information content (AvgIpc) is 3.16. The van der Waals surface area contributed by atoms with E-state index in [1.807, 2.05) is 0 Å². The van der Waals surface area contributed by atoms with E-state index in [-0.39, 0.29) is 5.75 Å². The molecule has 2 aromatic rings. The lowest BCUT2D eigenvalue weighted by atomic mass is 10.1. The molecule has 0 saturated carbocycles. The van der Waals surface area contributed by atoms with E-state index in [1.54, 1.807) is 13.1 Å². The van der Waals surface area contributed by atoms with Crippen LogP contribution in [0.2, 0.25) is 0 Å². The number of hydrogen-bond donors (Lipinski definition) is 1. The molecule has 1 aromatic heterocycles. The van der Waals surface area contributed by atoms with Gasteiger partial charge in [0.2, 0.25) is 10.0 Å². The molecular formula is C19H27N5O3S. The van der Waals surface area contributed by atoms with Gasteiger partial charge in [-0.2, -0.15) is 4.31 Å². The fraction of sp³-hybridized carbons (Fsp3) is 0.474. The highest BCUT2D eigenvalue weighted by molar-refractivity contribution is 7.88. The molecule has 28 heavy (non-hydrogen) atoms. The minimum atomic E-state index is -3.40. The van der Waals surface area contributed by atoms with Crippen LogP contribution in [0.1, 0.15) is 22.4 Å². The number of aryl methyl sites for hydroxylation is 2. The smallest absolute Gasteiger partial charge is 0.220 e. The summed E-state index contributed by atoms with van der Waals surface area (Å²) >= 11 is 0. The first-order valence-electron chi connectivity index (χ1n) is 9.28. The van der Waals surface area contributed by atoms with Crippen LogP contribution in [0, 0.1) is 13.8 Å². The monoisotopic (exact) mass is 405 g/mol. The molecule has 1 aliphatic heterocycles. The average molecular weight is 406 g/mol. The van der Waals surface area contributed by atoms with E-state index in [1.165, 1.54) is 27.3 Å². The highest BCUT2D eigenvalue weighted by atomic mass is 32.2. The van der Waals surface area contributed by atoms with Crippen molar-refractivity contribution < 1.29 is 12.9 Å². The lowest BCUT2D eigenvalue weighted by molar-refractivity contribution is 0.259. The maximum atomic E-state index is 12.6. The lowest BCUT2D eigenvalue weighted by Crippen LogP contribution is -2.53. The fourth-order valence-corrected chi connectivity index (χ4v) is 4.74. The highest BCUT2D eigenvalue weighted by Gasteiger charge is 2.28. The number of nitrogens with one attached hydrogen (secondary N) is 1. The normalized spacial score (nSPS) is 16.4. The summed E-state index contributed by atoms with van der Waals surface area (Å²) in [6.07, 6.45) is 1.38. The first-order chi connectivity index (χ1) is 13.4. The van der Waals surface area contributed by atoms with Crippen LogP contribution in [-0.4, -0.2) is 62.0 Å². The van der Waals surface area contributed by atoms with Gasteiger partial charge in [0.25, 0.3) is 0 Å². The molecule has 0 bridgehead atoms. The van der Waals surface area contributed by atoms with Gasteiger partial charge >= 0.3 is 0 Å². The van der Waals surface area contributed by atoms with E-state index >= 15 is 0 Å². The molecule has 0 radical (unpaired) electrons. The van der Waals surface area contributed by atoms with Gasteiger partial charge in [-0.15, -0.1) is 0 Å². The SMILES string of the molecule is CN=C(NCc1ccc(C)cc1C)N1CCN(S(=O)(=O)Cc2ccon2)CC1. The van der Waals surface area contributed by atoms with Gasteiger partial charge in [-0.3, -0.25) is 4.99 Å². The molecule has 9 heteroatoms. The van der Waals surface area contributed by atoms with Crippen molar-refractivity contribution in [2.75, 3.05) is 33.2 Å². The summed E-state index contributed by atoms with van der Waals surface area (Å²) in [7, 11) is -1.66. The number of sulfonamides is 1. The summed E-state index contributed by atoms with van der Waals surface area (Å²) < 4.78 is 31.3. The van der Waals surface area contributed by atoms with Gasteiger partial charge in [0.1, 0.15) is 12.0 Å². The Morgan fingerprint density at radius 3 is 2.57 bits per heavy atom. The van der Waals surface area contributed by atoms with Crippen LogP contribution in [-0.2, 0) is 22.3 Å². The largest absolute Gasteiger partial charge is 0.364 e. The second-order valence-electron chi connectivity index (χ2n) is 6.96. The molecule has 2 heterocycles. The number of hydrogen-bond acceptors (Lipinski definition) is 5. The van der Waals surface area contributed by atoms with Crippen molar-refractivity contribution in [3.8, 4) is 0 Å². The van der Waals surface area contributed by atoms with Gasteiger partial charge in [0, 0.05) is 45.8 Å². The van der Waals surface area contributed by atoms with E-state index in [4.69, 9.17) is 4.52 Å². The Labute approximate surface area is 166 Å². The van der Waals surface area contributed by atoms with Gasteiger partial charge < -0.3 is 14.7 Å². The summed E-state index contributed by atoms with van der Waals surface area (Å²) in [5.74, 6) is 0.650. The van der Waals surface area contributed by atoms with Crippen LogP contribution in [0.25, 0.3) is 0 Å². The molecule has 0 aliphatic carbocycles. The first-order valence-corrected chi connectivity index (χ1v) is 10.9. The molecule has 152 valence electrons. The van der Waals surface area contributed by atoms with Gasteiger partial charge in [-0.05, 0) is 25.0 Å². The minimum absolute atomic E-state index is 0.136. The van der Waals surface area contributed by atoms with Gasteiger partial charge in [0.15, 0.2) is 5.96 Å². The van der Waals surface area contributed by atoms with Crippen molar-refractivity contribution in [2.45, 2.75) is 26.1 Å². The number of aromatic nitrogens is 1. The second-order valence-corrected chi connectivity index (χ2v) is 8.93. The number of rotatable bonds is 5. The van der Waals surface area contributed by atoms with Crippen molar-refractivity contribution >= 4 is 16.0 Å². The Kier molecular flexibility index (Phi) is 6.35. The van der Waals surface area contributed by atoms with Gasteiger partial charge in [0.05, 0.1) is 5.69 Å². The molecule has 0 amide bonds. The summed E-state index contributed by atoms with van der Waals surface area (Å²) in [5, 5.41) is 7.09. The Morgan fingerprint density at radius 1 is 1.21 bits per heavy atom. The Morgan fingerprint density at radius 2 is 1.96 bits per heavy atom. The number of piperazine rings is 1. The number of nitrogens with zero attached hydrogens (tertiary/aromatic N) is 4. The maximum Gasteiger partial charge on any atom is 0.220 e. The molecular weight excluding hydrogens is 378 g/mol. The maximum absolute atomic E-state index is 12.6. The lowest BCUT2D eigenvalue weighted by Gasteiger charge is -2.35. The van der Waals surface area contributed by atoms with Crippen LogP contribution < -0.4 is 5.32 Å². The second kappa shape index (κ2) is 8.74. The molecule has 8 nitrogen and oxygen atoms in total. The Balaban J connectivity index is 1.55. The molecule has 1 aliphatic rings. The fourth-order valence-electron chi connectivity index (χ4n) is 3.32. The molecule has 1 fully saturated rings. The van der Waals surface area contributed by atoms with E-state index in [0.29, 0.717) is 38.4 Å². The van der Waals surface area contributed by atoms with E-state index in [2.05, 4.69) is 52.4 Å². The van der Waals surface area contributed by atoms with Crippen molar-refractivity contribution in [3.05, 3.63) is 52.9 Å². The third-order valence-electron chi connectivity index (χ3n) is 4.90. The zero-order chi connectivity index (χ0) is 20.1. The molecule has 1 N–H and O–H groups in total. The number of guanidine groups is 1. The highest BCUT2D eigenvalue weighted by Crippen LogP contribution is 2.14. The van der Waals surface area contributed by atoms with E-state index in [0.717, 1.165) is 5.96 Å². The molecule has 0 unspecified atom stereocenters. The van der Waals surface area contributed by atoms with Crippen molar-refractivity contribution in [1.29, 1.82) is 0 Å². The quantitative estimate of drug-likeness (QED) is 0.599. The summed E-state index contributed by atoms with van der Waals surface area (Å²) in [6, 6.07) is 7.97. The van der Waals surface area contributed by atoms with Crippen LogP contribution in [0.15, 0.2) is 40.0 Å².